The van der Waals surface area contributed by atoms with Crippen molar-refractivity contribution >= 4 is 0 Å². The van der Waals surface area contributed by atoms with Crippen LogP contribution in [0.4, 0.5) is 0 Å². The number of aryl methyl sites for hydroxylation is 1. The van der Waals surface area contributed by atoms with Crippen LogP contribution >= 0.6 is 0 Å². The summed E-state index contributed by atoms with van der Waals surface area (Å²) in [7, 11) is 4.24. The smallest absolute Gasteiger partial charge is 0.161 e. The van der Waals surface area contributed by atoms with Crippen LogP contribution < -0.4 is 9.47 Å². The van der Waals surface area contributed by atoms with Crippen molar-refractivity contribution in [2.24, 2.45) is 0 Å². The van der Waals surface area contributed by atoms with Gasteiger partial charge in [0.25, 0.3) is 0 Å². The van der Waals surface area contributed by atoms with Crippen molar-refractivity contribution < 1.29 is 9.47 Å². The van der Waals surface area contributed by atoms with Crippen LogP contribution in [0.1, 0.15) is 18.4 Å². The molecule has 1 aliphatic heterocycles. The molecule has 3 rings (SSSR count). The molecule has 0 N–H and O–H groups in total. The summed E-state index contributed by atoms with van der Waals surface area (Å²) in [4.78, 5) is 2.23. The molecule has 3 nitrogen and oxygen atoms in total. The quantitative estimate of drug-likeness (QED) is 0.833. The van der Waals surface area contributed by atoms with E-state index in [-0.39, 0.29) is 0 Å². The third kappa shape index (κ3) is 4.26. The Hall–Kier alpha value is -2.00. The Morgan fingerprint density at radius 2 is 1.57 bits per heavy atom. The molecule has 2 aromatic carbocycles. The van der Waals surface area contributed by atoms with Crippen LogP contribution in [0.3, 0.4) is 0 Å². The molecule has 0 atom stereocenters. The first kappa shape index (κ1) is 15.9. The lowest BCUT2D eigenvalue weighted by molar-refractivity contribution is 0.297. The van der Waals surface area contributed by atoms with Crippen molar-refractivity contribution in [1.82, 2.24) is 4.90 Å². The van der Waals surface area contributed by atoms with E-state index in [0.717, 1.165) is 44.1 Å². The normalized spacial score (nSPS) is 13.9. The Morgan fingerprint density at radius 3 is 2.30 bits per heavy atom. The van der Waals surface area contributed by atoms with Crippen molar-refractivity contribution in [2.45, 2.75) is 19.3 Å². The molecule has 0 aliphatic carbocycles. The molecule has 0 unspecified atom stereocenters. The van der Waals surface area contributed by atoms with Crippen molar-refractivity contribution in [2.75, 3.05) is 33.9 Å². The van der Waals surface area contributed by atoms with E-state index in [1.807, 2.05) is 6.07 Å². The molecular weight excluding hydrogens is 286 g/mol. The summed E-state index contributed by atoms with van der Waals surface area (Å²) >= 11 is 0. The lowest BCUT2D eigenvalue weighted by Gasteiger charge is -2.11. The van der Waals surface area contributed by atoms with E-state index in [0.29, 0.717) is 0 Å². The van der Waals surface area contributed by atoms with Crippen molar-refractivity contribution in [3.05, 3.63) is 48.0 Å². The minimum Gasteiger partial charge on any atom is -0.490 e. The highest BCUT2D eigenvalue weighted by Crippen LogP contribution is 2.34. The fourth-order valence-corrected chi connectivity index (χ4v) is 2.81. The van der Waals surface area contributed by atoms with Gasteiger partial charge in [0.1, 0.15) is 0 Å². The van der Waals surface area contributed by atoms with Crippen molar-refractivity contribution in [3.8, 4) is 22.6 Å². The predicted octanol–water partition coefficient (Wildman–Crippen LogP) is 4.01. The maximum Gasteiger partial charge on any atom is 0.161 e. The van der Waals surface area contributed by atoms with Crippen LogP contribution in [0.25, 0.3) is 11.1 Å². The monoisotopic (exact) mass is 311 g/mol. The first-order valence-electron chi connectivity index (χ1n) is 8.36. The third-order valence-corrected chi connectivity index (χ3v) is 4.11. The average molecular weight is 311 g/mol. The van der Waals surface area contributed by atoms with Gasteiger partial charge in [0.05, 0.1) is 13.2 Å². The van der Waals surface area contributed by atoms with E-state index in [1.165, 1.54) is 23.1 Å². The molecule has 0 fully saturated rings. The zero-order valence-corrected chi connectivity index (χ0v) is 14.0. The number of hydrogen-bond acceptors (Lipinski definition) is 3. The minimum atomic E-state index is 0.723. The summed E-state index contributed by atoms with van der Waals surface area (Å²) in [5.41, 5.74) is 3.79. The SMILES string of the molecule is CN(C)CCCc1ccc(-c2ccc3c(c2)OCCCO3)cc1. The van der Waals surface area contributed by atoms with Crippen molar-refractivity contribution in [3.63, 3.8) is 0 Å². The number of benzene rings is 2. The van der Waals surface area contributed by atoms with Crippen molar-refractivity contribution in [1.29, 1.82) is 0 Å². The third-order valence-electron chi connectivity index (χ3n) is 4.11. The van der Waals surface area contributed by atoms with Crippen LogP contribution in [-0.2, 0) is 6.42 Å². The summed E-state index contributed by atoms with van der Waals surface area (Å²) in [6.45, 7) is 2.58. The lowest BCUT2D eigenvalue weighted by Crippen LogP contribution is -2.13. The van der Waals surface area contributed by atoms with Gasteiger partial charge in [-0.2, -0.15) is 0 Å². The molecule has 1 heterocycles. The van der Waals surface area contributed by atoms with Crippen LogP contribution in [-0.4, -0.2) is 38.8 Å². The summed E-state index contributed by atoms with van der Waals surface area (Å²) in [5.74, 6) is 1.71. The van der Waals surface area contributed by atoms with Gasteiger partial charge in [-0.15, -0.1) is 0 Å². The molecule has 122 valence electrons. The number of hydrogen-bond donors (Lipinski definition) is 0. The van der Waals surface area contributed by atoms with Gasteiger partial charge in [-0.3, -0.25) is 0 Å². The van der Waals surface area contributed by atoms with Gasteiger partial charge in [-0.25, -0.2) is 0 Å². The summed E-state index contributed by atoms with van der Waals surface area (Å²) in [5, 5.41) is 0. The molecule has 0 amide bonds. The van der Waals surface area contributed by atoms with E-state index in [9.17, 15) is 0 Å². The number of fused-ring (bicyclic) bond motifs is 1. The summed E-state index contributed by atoms with van der Waals surface area (Å²) in [6, 6.07) is 15.1. The average Bonchev–Trinajstić information content (AvgIpc) is 2.80. The highest BCUT2D eigenvalue weighted by Gasteiger charge is 2.11. The molecule has 0 aromatic heterocycles. The first-order valence-corrected chi connectivity index (χ1v) is 8.36. The van der Waals surface area contributed by atoms with Gasteiger partial charge < -0.3 is 14.4 Å². The molecule has 3 heteroatoms. The van der Waals surface area contributed by atoms with Crippen LogP contribution in [0, 0.1) is 0 Å². The lowest BCUT2D eigenvalue weighted by atomic mass is 10.0. The van der Waals surface area contributed by atoms with Gasteiger partial charge in [-0.1, -0.05) is 30.3 Å². The molecular formula is C20H25NO2. The number of ether oxygens (including phenoxy) is 2. The van der Waals surface area contributed by atoms with E-state index in [1.54, 1.807) is 0 Å². The molecule has 23 heavy (non-hydrogen) atoms. The molecule has 0 spiro atoms. The fourth-order valence-electron chi connectivity index (χ4n) is 2.81. The highest BCUT2D eigenvalue weighted by molar-refractivity contribution is 5.67. The van der Waals surface area contributed by atoms with Crippen LogP contribution in [0.2, 0.25) is 0 Å². The Balaban J connectivity index is 1.70. The Morgan fingerprint density at radius 1 is 0.870 bits per heavy atom. The molecule has 0 saturated heterocycles. The first-order chi connectivity index (χ1) is 11.2. The second-order valence-corrected chi connectivity index (χ2v) is 6.32. The Bertz CT molecular complexity index is 635. The van der Waals surface area contributed by atoms with Gasteiger partial charge in [-0.05, 0) is 62.3 Å². The van der Waals surface area contributed by atoms with E-state index in [2.05, 4.69) is 55.4 Å². The molecule has 0 bridgehead atoms. The van der Waals surface area contributed by atoms with E-state index >= 15 is 0 Å². The molecule has 2 aromatic rings. The molecule has 0 saturated carbocycles. The zero-order chi connectivity index (χ0) is 16.1. The topological polar surface area (TPSA) is 21.7 Å². The molecule has 1 aliphatic rings. The summed E-state index contributed by atoms with van der Waals surface area (Å²) in [6.07, 6.45) is 3.25. The largest absolute Gasteiger partial charge is 0.490 e. The van der Waals surface area contributed by atoms with Crippen LogP contribution in [0.15, 0.2) is 42.5 Å². The fraction of sp³-hybridized carbons (Fsp3) is 0.400. The van der Waals surface area contributed by atoms with E-state index < -0.39 is 0 Å². The standard InChI is InChI=1S/C20H25NO2/c1-21(2)12-3-5-16-6-8-17(9-7-16)18-10-11-19-20(15-18)23-14-4-13-22-19/h6-11,15H,3-5,12-14H2,1-2H3. The Kier molecular flexibility index (Phi) is 5.19. The summed E-state index contributed by atoms with van der Waals surface area (Å²) < 4.78 is 11.5. The highest BCUT2D eigenvalue weighted by atomic mass is 16.5. The van der Waals surface area contributed by atoms with Gasteiger partial charge >= 0.3 is 0 Å². The molecule has 0 radical (unpaired) electrons. The van der Waals surface area contributed by atoms with Gasteiger partial charge in [0.15, 0.2) is 11.5 Å². The zero-order valence-electron chi connectivity index (χ0n) is 14.0. The number of nitrogens with zero attached hydrogens (tertiary/aromatic N) is 1. The van der Waals surface area contributed by atoms with Crippen LogP contribution in [0.5, 0.6) is 11.5 Å². The minimum absolute atomic E-state index is 0.723. The van der Waals surface area contributed by atoms with Gasteiger partial charge in [0.2, 0.25) is 0 Å². The van der Waals surface area contributed by atoms with E-state index in [4.69, 9.17) is 9.47 Å². The maximum absolute atomic E-state index is 5.78. The second-order valence-electron chi connectivity index (χ2n) is 6.32. The maximum atomic E-state index is 5.78. The second kappa shape index (κ2) is 7.51. The predicted molar refractivity (Wildman–Crippen MR) is 94.4 cm³/mol. The number of rotatable bonds is 5. The van der Waals surface area contributed by atoms with Gasteiger partial charge in [0, 0.05) is 6.42 Å². The Labute approximate surface area is 138 Å².